The lowest BCUT2D eigenvalue weighted by Crippen LogP contribution is -2.49. The van der Waals surface area contributed by atoms with E-state index in [1.54, 1.807) is 16.8 Å². The number of nitrogens with one attached hydrogen (secondary N) is 1. The predicted octanol–water partition coefficient (Wildman–Crippen LogP) is 2.66. The molecule has 42 heavy (non-hydrogen) atoms. The molecule has 0 spiro atoms. The molecule has 0 saturated carbocycles. The lowest BCUT2D eigenvalue weighted by Gasteiger charge is -2.33. The number of H-pyrrole nitrogens is 1. The van der Waals surface area contributed by atoms with Crippen LogP contribution in [0.5, 0.6) is 5.75 Å². The molecule has 0 radical (unpaired) electrons. The van der Waals surface area contributed by atoms with Gasteiger partial charge in [-0.25, -0.2) is 12.9 Å². The van der Waals surface area contributed by atoms with Crippen molar-refractivity contribution in [1.29, 1.82) is 0 Å². The number of piperazine rings is 1. The number of hydrogen-bond donors (Lipinski definition) is 2. The number of aromatic nitrogens is 3. The highest BCUT2D eigenvalue weighted by atomic mass is 32.2. The normalized spacial score (nSPS) is 15.2. The second-order valence-corrected chi connectivity index (χ2v) is 12.1. The third-order valence-corrected chi connectivity index (χ3v) is 9.21. The number of oxime groups is 1. The van der Waals surface area contributed by atoms with Crippen LogP contribution < -0.4 is 10.3 Å². The standard InChI is InChI=1S/C29H42N6O6S/c1-5-9-25-24(20-30-41-18-6-2)22(7-3)27-29(37)31-28(32-35(25)27)23-19-21(10-11-26(23)40-8-4)42(38,39)34-14-12-33(13-15-34)16-17-36/h10-11,19-20,36H,5-9,12-18H2,1-4H3,(H,31,32,37)/b30-20+. The van der Waals surface area contributed by atoms with E-state index in [2.05, 4.69) is 17.1 Å². The van der Waals surface area contributed by atoms with Gasteiger partial charge in [-0.05, 0) is 49.9 Å². The Balaban J connectivity index is 1.83. The summed E-state index contributed by atoms with van der Waals surface area (Å²) in [4.78, 5) is 24.0. The monoisotopic (exact) mass is 602 g/mol. The predicted molar refractivity (Wildman–Crippen MR) is 162 cm³/mol. The summed E-state index contributed by atoms with van der Waals surface area (Å²) in [7, 11) is -3.82. The summed E-state index contributed by atoms with van der Waals surface area (Å²) in [6.45, 7) is 11.0. The van der Waals surface area contributed by atoms with Crippen LogP contribution in [-0.2, 0) is 27.7 Å². The van der Waals surface area contributed by atoms with Crippen molar-refractivity contribution in [1.82, 2.24) is 23.8 Å². The summed E-state index contributed by atoms with van der Waals surface area (Å²) in [5.74, 6) is 0.628. The number of aliphatic hydroxyl groups excluding tert-OH is 1. The molecular weight excluding hydrogens is 560 g/mol. The average molecular weight is 603 g/mol. The summed E-state index contributed by atoms with van der Waals surface area (Å²) in [6, 6.07) is 4.66. The number of benzene rings is 1. The molecule has 230 valence electrons. The number of ether oxygens (including phenoxy) is 1. The topological polar surface area (TPSA) is 142 Å². The maximum atomic E-state index is 13.7. The van der Waals surface area contributed by atoms with Gasteiger partial charge in [-0.1, -0.05) is 32.3 Å². The van der Waals surface area contributed by atoms with Crippen LogP contribution in [0.3, 0.4) is 0 Å². The first-order valence-corrected chi connectivity index (χ1v) is 16.2. The van der Waals surface area contributed by atoms with E-state index in [4.69, 9.17) is 14.7 Å². The summed E-state index contributed by atoms with van der Waals surface area (Å²) >= 11 is 0. The molecule has 0 aliphatic carbocycles. The van der Waals surface area contributed by atoms with Gasteiger partial charge in [0.2, 0.25) is 10.0 Å². The van der Waals surface area contributed by atoms with Crippen LogP contribution in [0.1, 0.15) is 57.4 Å². The smallest absolute Gasteiger partial charge is 0.275 e. The number of rotatable bonds is 14. The van der Waals surface area contributed by atoms with Crippen molar-refractivity contribution in [3.05, 3.63) is 45.4 Å². The molecule has 2 N–H and O–H groups in total. The lowest BCUT2D eigenvalue weighted by atomic mass is 10.1. The highest BCUT2D eigenvalue weighted by molar-refractivity contribution is 7.89. The highest BCUT2D eigenvalue weighted by Gasteiger charge is 2.30. The zero-order valence-corrected chi connectivity index (χ0v) is 25.7. The van der Waals surface area contributed by atoms with Crippen LogP contribution in [0.15, 0.2) is 33.0 Å². The summed E-state index contributed by atoms with van der Waals surface area (Å²) < 4.78 is 36.3. The van der Waals surface area contributed by atoms with E-state index in [9.17, 15) is 18.3 Å². The van der Waals surface area contributed by atoms with Gasteiger partial charge in [-0.3, -0.25) is 9.69 Å². The van der Waals surface area contributed by atoms with Gasteiger partial charge in [0.1, 0.15) is 17.9 Å². The van der Waals surface area contributed by atoms with Gasteiger partial charge in [-0.15, -0.1) is 5.10 Å². The quantitative estimate of drug-likeness (QED) is 0.163. The number of fused-ring (bicyclic) bond motifs is 1. The van der Waals surface area contributed by atoms with Crippen LogP contribution in [0.4, 0.5) is 0 Å². The molecule has 0 unspecified atom stereocenters. The van der Waals surface area contributed by atoms with E-state index in [1.807, 2.05) is 25.7 Å². The molecule has 0 atom stereocenters. The number of nitrogens with zero attached hydrogens (tertiary/aromatic N) is 5. The van der Waals surface area contributed by atoms with Gasteiger partial charge < -0.3 is 19.7 Å². The molecule has 1 saturated heterocycles. The highest BCUT2D eigenvalue weighted by Crippen LogP contribution is 2.32. The molecule has 1 aliphatic heterocycles. The first-order valence-electron chi connectivity index (χ1n) is 14.7. The molecule has 0 bridgehead atoms. The molecule has 13 heteroatoms. The largest absolute Gasteiger partial charge is 0.493 e. The number of sulfonamides is 1. The van der Waals surface area contributed by atoms with E-state index in [1.165, 1.54) is 16.4 Å². The van der Waals surface area contributed by atoms with Crippen molar-refractivity contribution in [3.63, 3.8) is 0 Å². The van der Waals surface area contributed by atoms with Crippen LogP contribution in [0.2, 0.25) is 0 Å². The maximum absolute atomic E-state index is 13.7. The lowest BCUT2D eigenvalue weighted by molar-refractivity contribution is 0.146. The number of aromatic amines is 1. The molecule has 1 aliphatic rings. The first-order chi connectivity index (χ1) is 20.3. The molecule has 4 rings (SSSR count). The van der Waals surface area contributed by atoms with E-state index >= 15 is 0 Å². The minimum Gasteiger partial charge on any atom is -0.493 e. The van der Waals surface area contributed by atoms with E-state index < -0.39 is 10.0 Å². The van der Waals surface area contributed by atoms with Gasteiger partial charge in [0.25, 0.3) is 5.56 Å². The van der Waals surface area contributed by atoms with Crippen molar-refractivity contribution < 1.29 is 23.1 Å². The average Bonchev–Trinajstić information content (AvgIpc) is 3.29. The third-order valence-electron chi connectivity index (χ3n) is 7.32. The van der Waals surface area contributed by atoms with E-state index in [-0.39, 0.29) is 22.9 Å². The molecule has 2 aromatic heterocycles. The SMILES string of the molecule is CCCO/N=C/c1c(CC)c2c(=O)[nH]c(-c3cc(S(=O)(=O)N4CCN(CCO)CC4)ccc3OCC)nn2c1CCC. The van der Waals surface area contributed by atoms with Gasteiger partial charge in [0, 0.05) is 38.3 Å². The molecule has 0 amide bonds. The van der Waals surface area contributed by atoms with E-state index in [0.29, 0.717) is 75.6 Å². The minimum absolute atomic E-state index is 0.0343. The van der Waals surface area contributed by atoms with Crippen LogP contribution in [-0.4, -0.2) is 96.1 Å². The molecule has 1 fully saturated rings. The van der Waals surface area contributed by atoms with Gasteiger partial charge in [0.05, 0.1) is 35.6 Å². The maximum Gasteiger partial charge on any atom is 0.275 e. The summed E-state index contributed by atoms with van der Waals surface area (Å²) in [6.07, 6.45) is 4.56. The Morgan fingerprint density at radius 1 is 1.12 bits per heavy atom. The fourth-order valence-electron chi connectivity index (χ4n) is 5.28. The fraction of sp³-hybridized carbons (Fsp3) is 0.552. The van der Waals surface area contributed by atoms with Crippen LogP contribution >= 0.6 is 0 Å². The van der Waals surface area contributed by atoms with Crippen molar-refractivity contribution in [2.24, 2.45) is 5.16 Å². The Hall–Kier alpha value is -3.26. The second kappa shape index (κ2) is 14.3. The summed E-state index contributed by atoms with van der Waals surface area (Å²) in [5.41, 5.74) is 2.95. The van der Waals surface area contributed by atoms with Crippen LogP contribution in [0, 0.1) is 0 Å². The van der Waals surface area contributed by atoms with Crippen molar-refractivity contribution >= 4 is 21.8 Å². The Kier molecular flexibility index (Phi) is 10.8. The van der Waals surface area contributed by atoms with Crippen molar-refractivity contribution in [2.45, 2.75) is 58.3 Å². The zero-order chi connectivity index (χ0) is 30.3. The fourth-order valence-corrected chi connectivity index (χ4v) is 6.73. The Labute approximate surface area is 247 Å². The number of aryl methyl sites for hydroxylation is 2. The van der Waals surface area contributed by atoms with Gasteiger partial charge in [-0.2, -0.15) is 4.31 Å². The second-order valence-electron chi connectivity index (χ2n) is 10.1. The molecule has 1 aromatic carbocycles. The Morgan fingerprint density at radius 2 is 1.88 bits per heavy atom. The molecule has 3 heterocycles. The number of aliphatic hydroxyl groups is 1. The van der Waals surface area contributed by atoms with Crippen molar-refractivity contribution in [2.75, 3.05) is 52.5 Å². The summed E-state index contributed by atoms with van der Waals surface area (Å²) in [5, 5.41) is 18.2. The van der Waals surface area contributed by atoms with Gasteiger partial charge in [0.15, 0.2) is 5.82 Å². The van der Waals surface area contributed by atoms with Crippen molar-refractivity contribution in [3.8, 4) is 17.1 Å². The molecule has 3 aromatic rings. The number of β-amino-alcohol motifs (C(OH)–C–C–N with tert-alkyl or cyclic N) is 1. The minimum atomic E-state index is -3.82. The Morgan fingerprint density at radius 3 is 2.52 bits per heavy atom. The first kappa shape index (κ1) is 31.7. The van der Waals surface area contributed by atoms with Crippen LogP contribution in [0.25, 0.3) is 16.9 Å². The zero-order valence-electron chi connectivity index (χ0n) is 24.9. The Bertz CT molecular complexity index is 1560. The van der Waals surface area contributed by atoms with E-state index in [0.717, 1.165) is 29.7 Å². The third kappa shape index (κ3) is 6.54. The molecular formula is C29H42N6O6S. The van der Waals surface area contributed by atoms with Gasteiger partial charge >= 0.3 is 0 Å². The number of hydrogen-bond acceptors (Lipinski definition) is 9. The molecule has 12 nitrogen and oxygen atoms in total.